The van der Waals surface area contributed by atoms with Crippen LogP contribution in [0.15, 0.2) is 24.3 Å². The molecule has 0 aliphatic rings. The number of hydrogen-bond acceptors (Lipinski definition) is 9. The van der Waals surface area contributed by atoms with Gasteiger partial charge in [-0.2, -0.15) is 0 Å². The maximum absolute atomic E-state index is 13.1. The number of rotatable bonds is 52. The van der Waals surface area contributed by atoms with Gasteiger partial charge in [-0.3, -0.25) is 9.59 Å². The van der Waals surface area contributed by atoms with E-state index in [1.54, 1.807) is 0 Å². The molecule has 0 radical (unpaired) electrons. The Bertz CT molecular complexity index is 1210. The molecule has 0 aliphatic carbocycles. The standard InChI is InChI=1S/C63H120O9/c1-11-21-23-37-43-55(64)45-39-33-29-25-27-31-35-41-47-58(67)71-60(13-3,14-4)49-51-69-62(17-7,18-8)53-57(66)54-63(19-9,20-10)70-52-50-61(15-5,16-6)72-59(68)48-42-36-32-28-26-30-34-40-46-56(65)44-38-24-22-12-2/h33-34,39-40,55-57,64-66H,11-32,35-38,41-54H2,1-10H3/b39-33-,40-34-. The number of esters is 2. The number of ether oxygens (including phenoxy) is 4. The van der Waals surface area contributed by atoms with E-state index in [9.17, 15) is 24.9 Å². The zero-order valence-electron chi connectivity index (χ0n) is 49.1. The Hall–Kier alpha value is -1.78. The average Bonchev–Trinajstić information content (AvgIpc) is 3.38. The second-order valence-electron chi connectivity index (χ2n) is 21.8. The highest BCUT2D eigenvalue weighted by atomic mass is 16.6. The molecule has 2 unspecified atom stereocenters. The lowest BCUT2D eigenvalue weighted by atomic mass is 9.83. The third-order valence-electron chi connectivity index (χ3n) is 16.4. The van der Waals surface area contributed by atoms with E-state index in [2.05, 4.69) is 93.5 Å². The SMILES string of the molecule is CCCCCCC(O)C/C=C\CCCCCCCC(=O)OC(CC)(CC)CCOC(CC)(CC)CC(O)CC(CC)(CC)OCCC(CC)(CC)OC(=O)CCCCCCC/C=C\CC(O)CCCCCC. The molecule has 0 heterocycles. The van der Waals surface area contributed by atoms with E-state index < -0.39 is 28.5 Å². The van der Waals surface area contributed by atoms with Gasteiger partial charge in [0.25, 0.3) is 0 Å². The smallest absolute Gasteiger partial charge is 0.306 e. The van der Waals surface area contributed by atoms with Gasteiger partial charge >= 0.3 is 11.9 Å². The zero-order valence-corrected chi connectivity index (χ0v) is 49.1. The number of allylic oxidation sites excluding steroid dienone is 2. The maximum atomic E-state index is 13.1. The Morgan fingerprint density at radius 3 is 1.04 bits per heavy atom. The van der Waals surface area contributed by atoms with Crippen LogP contribution in [0, 0.1) is 0 Å². The van der Waals surface area contributed by atoms with Crippen molar-refractivity contribution in [1.82, 2.24) is 0 Å². The van der Waals surface area contributed by atoms with Crippen LogP contribution >= 0.6 is 0 Å². The van der Waals surface area contributed by atoms with Crippen molar-refractivity contribution in [2.45, 2.75) is 354 Å². The molecule has 0 bridgehead atoms. The van der Waals surface area contributed by atoms with Gasteiger partial charge in [-0.05, 0) is 116 Å². The Morgan fingerprint density at radius 1 is 0.389 bits per heavy atom. The van der Waals surface area contributed by atoms with Gasteiger partial charge in [-0.15, -0.1) is 0 Å². The molecule has 0 saturated carbocycles. The molecule has 72 heavy (non-hydrogen) atoms. The second-order valence-corrected chi connectivity index (χ2v) is 21.8. The number of carbonyl (C=O) groups is 2. The number of hydrogen-bond donors (Lipinski definition) is 3. The van der Waals surface area contributed by atoms with Crippen molar-refractivity contribution >= 4 is 11.9 Å². The van der Waals surface area contributed by atoms with Gasteiger partial charge in [0.1, 0.15) is 11.2 Å². The van der Waals surface area contributed by atoms with Crippen molar-refractivity contribution in [2.24, 2.45) is 0 Å². The first-order valence-electron chi connectivity index (χ1n) is 30.8. The maximum Gasteiger partial charge on any atom is 0.306 e. The Balaban J connectivity index is 4.90. The third-order valence-corrected chi connectivity index (χ3v) is 16.4. The van der Waals surface area contributed by atoms with Crippen molar-refractivity contribution in [3.63, 3.8) is 0 Å². The van der Waals surface area contributed by atoms with Crippen LogP contribution in [0.1, 0.15) is 313 Å². The minimum atomic E-state index is -0.620. The van der Waals surface area contributed by atoms with Crippen LogP contribution in [-0.4, -0.2) is 81.2 Å². The van der Waals surface area contributed by atoms with Gasteiger partial charge in [0.2, 0.25) is 0 Å². The van der Waals surface area contributed by atoms with E-state index in [4.69, 9.17) is 18.9 Å². The topological polar surface area (TPSA) is 132 Å². The number of unbranched alkanes of at least 4 members (excludes halogenated alkanes) is 16. The molecular weight excluding hydrogens is 901 g/mol. The van der Waals surface area contributed by atoms with E-state index >= 15 is 0 Å². The fourth-order valence-corrected chi connectivity index (χ4v) is 10.3. The summed E-state index contributed by atoms with van der Waals surface area (Å²) in [7, 11) is 0. The van der Waals surface area contributed by atoms with Crippen molar-refractivity contribution in [3.8, 4) is 0 Å². The Kier molecular flexibility index (Phi) is 43.3. The largest absolute Gasteiger partial charge is 0.459 e. The summed E-state index contributed by atoms with van der Waals surface area (Å²) < 4.78 is 25.9. The van der Waals surface area contributed by atoms with Crippen LogP contribution in [0.25, 0.3) is 0 Å². The molecule has 0 aromatic carbocycles. The monoisotopic (exact) mass is 1020 g/mol. The van der Waals surface area contributed by atoms with Gasteiger partial charge in [0.15, 0.2) is 0 Å². The van der Waals surface area contributed by atoms with Gasteiger partial charge < -0.3 is 34.3 Å². The number of aliphatic hydroxyl groups excluding tert-OH is 3. The normalized spacial score (nSPS) is 14.1. The lowest BCUT2D eigenvalue weighted by Crippen LogP contribution is -2.43. The van der Waals surface area contributed by atoms with Gasteiger partial charge in [-0.1, -0.05) is 183 Å². The van der Waals surface area contributed by atoms with Crippen LogP contribution in [0.2, 0.25) is 0 Å². The fraction of sp³-hybridized carbons (Fsp3) is 0.905. The summed E-state index contributed by atoms with van der Waals surface area (Å²) in [6.07, 6.45) is 42.2. The van der Waals surface area contributed by atoms with E-state index in [0.717, 1.165) is 167 Å². The van der Waals surface area contributed by atoms with Gasteiger partial charge in [0, 0.05) is 38.5 Å². The lowest BCUT2D eigenvalue weighted by molar-refractivity contribution is -0.166. The molecule has 0 amide bonds. The summed E-state index contributed by atoms with van der Waals surface area (Å²) in [5.74, 6) is -0.241. The van der Waals surface area contributed by atoms with E-state index in [1.165, 1.54) is 38.5 Å². The Morgan fingerprint density at radius 2 is 0.708 bits per heavy atom. The highest BCUT2D eigenvalue weighted by Gasteiger charge is 2.38. The number of aliphatic hydroxyl groups is 3. The summed E-state index contributed by atoms with van der Waals surface area (Å²) in [5, 5.41) is 32.1. The van der Waals surface area contributed by atoms with Crippen molar-refractivity contribution in [2.75, 3.05) is 13.2 Å². The summed E-state index contributed by atoms with van der Waals surface area (Å²) in [6, 6.07) is 0. The van der Waals surface area contributed by atoms with E-state index in [-0.39, 0.29) is 24.1 Å². The highest BCUT2D eigenvalue weighted by molar-refractivity contribution is 5.70. The summed E-state index contributed by atoms with van der Waals surface area (Å²) in [6.45, 7) is 22.2. The lowest BCUT2D eigenvalue weighted by Gasteiger charge is -2.40. The first kappa shape index (κ1) is 70.2. The molecule has 9 heteroatoms. The molecule has 0 rings (SSSR count). The summed E-state index contributed by atoms with van der Waals surface area (Å²) in [5.41, 5.74) is -2.14. The first-order chi connectivity index (χ1) is 34.7. The van der Waals surface area contributed by atoms with Gasteiger partial charge in [0.05, 0.1) is 42.7 Å². The molecule has 0 aromatic rings. The molecule has 0 fully saturated rings. The van der Waals surface area contributed by atoms with Crippen molar-refractivity contribution in [3.05, 3.63) is 24.3 Å². The molecule has 0 aliphatic heterocycles. The molecular formula is C63H120O9. The van der Waals surface area contributed by atoms with Crippen LogP contribution in [0.3, 0.4) is 0 Å². The molecule has 9 nitrogen and oxygen atoms in total. The van der Waals surface area contributed by atoms with E-state index in [0.29, 0.717) is 51.7 Å². The molecule has 0 spiro atoms. The minimum Gasteiger partial charge on any atom is -0.459 e. The minimum absolute atomic E-state index is 0.121. The van der Waals surface area contributed by atoms with Crippen LogP contribution in [-0.2, 0) is 28.5 Å². The molecule has 426 valence electrons. The van der Waals surface area contributed by atoms with Crippen molar-refractivity contribution in [1.29, 1.82) is 0 Å². The molecule has 3 N–H and O–H groups in total. The summed E-state index contributed by atoms with van der Waals surface area (Å²) in [4.78, 5) is 26.2. The second kappa shape index (κ2) is 44.4. The summed E-state index contributed by atoms with van der Waals surface area (Å²) >= 11 is 0. The third kappa shape index (κ3) is 33.3. The van der Waals surface area contributed by atoms with Crippen LogP contribution in [0.5, 0.6) is 0 Å². The highest BCUT2D eigenvalue weighted by Crippen LogP contribution is 2.36. The van der Waals surface area contributed by atoms with E-state index in [1.807, 2.05) is 0 Å². The van der Waals surface area contributed by atoms with Crippen LogP contribution in [0.4, 0.5) is 0 Å². The van der Waals surface area contributed by atoms with Crippen molar-refractivity contribution < 1.29 is 43.9 Å². The quantitative estimate of drug-likeness (QED) is 0.0310. The first-order valence-corrected chi connectivity index (χ1v) is 30.8. The predicted molar refractivity (Wildman–Crippen MR) is 303 cm³/mol. The predicted octanol–water partition coefficient (Wildman–Crippen LogP) is 17.3. The molecule has 0 saturated heterocycles. The number of carbonyl (C=O) groups excluding carboxylic acids is 2. The van der Waals surface area contributed by atoms with Crippen LogP contribution < -0.4 is 0 Å². The molecule has 0 aromatic heterocycles. The van der Waals surface area contributed by atoms with Gasteiger partial charge in [-0.25, -0.2) is 0 Å². The zero-order chi connectivity index (χ0) is 53.8. The Labute approximate surface area is 445 Å². The molecule has 2 atom stereocenters. The fourth-order valence-electron chi connectivity index (χ4n) is 10.3. The average molecular weight is 1020 g/mol.